The summed E-state index contributed by atoms with van der Waals surface area (Å²) in [5.74, 6) is -1.81. The molecule has 110 valence electrons. The molecule has 20 heavy (non-hydrogen) atoms. The molecule has 2 N–H and O–H groups in total. The summed E-state index contributed by atoms with van der Waals surface area (Å²) < 4.78 is 48.4. The van der Waals surface area contributed by atoms with Gasteiger partial charge in [0.25, 0.3) is 5.69 Å². The molecule has 0 fully saturated rings. The number of nitro groups is 1. The van der Waals surface area contributed by atoms with Crippen molar-refractivity contribution in [2.24, 2.45) is 0 Å². The summed E-state index contributed by atoms with van der Waals surface area (Å²) in [7, 11) is 0. The van der Waals surface area contributed by atoms with Crippen molar-refractivity contribution < 1.29 is 27.3 Å². The molecule has 0 spiro atoms. The number of nitrogens with one attached hydrogen (secondary N) is 2. The van der Waals surface area contributed by atoms with E-state index in [4.69, 9.17) is 0 Å². The maximum absolute atomic E-state index is 12.9. The van der Waals surface area contributed by atoms with E-state index in [1.807, 2.05) is 0 Å². The van der Waals surface area contributed by atoms with Gasteiger partial charge in [-0.3, -0.25) is 14.9 Å². The summed E-state index contributed by atoms with van der Waals surface area (Å²) in [6.45, 7) is -2.17. The second-order valence-electron chi connectivity index (χ2n) is 3.66. The number of hydrogen-bond donors (Lipinski definition) is 2. The maximum Gasteiger partial charge on any atom is 0.405 e. The molecular weight excluding hydrogens is 286 g/mol. The third-order valence-electron chi connectivity index (χ3n) is 2.08. The van der Waals surface area contributed by atoms with Crippen LogP contribution in [0.15, 0.2) is 18.2 Å². The van der Waals surface area contributed by atoms with Crippen LogP contribution >= 0.6 is 0 Å². The van der Waals surface area contributed by atoms with Gasteiger partial charge in [0, 0.05) is 12.1 Å². The van der Waals surface area contributed by atoms with Gasteiger partial charge in [-0.25, -0.2) is 4.39 Å². The smallest absolute Gasteiger partial charge is 0.370 e. The van der Waals surface area contributed by atoms with Gasteiger partial charge in [0.1, 0.15) is 18.0 Å². The molecule has 0 bridgehead atoms. The first kappa shape index (κ1) is 15.7. The molecule has 0 atom stereocenters. The lowest BCUT2D eigenvalue weighted by atomic mass is 10.2. The maximum atomic E-state index is 12.9. The van der Waals surface area contributed by atoms with E-state index < -0.39 is 41.6 Å². The van der Waals surface area contributed by atoms with E-state index in [9.17, 15) is 32.5 Å². The van der Waals surface area contributed by atoms with Crippen LogP contribution in [0.1, 0.15) is 0 Å². The number of carbonyl (C=O) groups excluding carboxylic acids is 1. The van der Waals surface area contributed by atoms with Gasteiger partial charge in [-0.05, 0) is 6.07 Å². The minimum Gasteiger partial charge on any atom is -0.370 e. The Hall–Kier alpha value is -2.39. The van der Waals surface area contributed by atoms with Crippen molar-refractivity contribution in [3.63, 3.8) is 0 Å². The van der Waals surface area contributed by atoms with E-state index in [1.165, 1.54) is 0 Å². The number of carbonyl (C=O) groups is 1. The Morgan fingerprint density at radius 2 is 2.00 bits per heavy atom. The van der Waals surface area contributed by atoms with Gasteiger partial charge in [-0.2, -0.15) is 13.2 Å². The Balaban J connectivity index is 2.63. The van der Waals surface area contributed by atoms with Gasteiger partial charge in [0.15, 0.2) is 0 Å². The lowest BCUT2D eigenvalue weighted by molar-refractivity contribution is -0.384. The van der Waals surface area contributed by atoms with E-state index in [0.717, 1.165) is 18.2 Å². The van der Waals surface area contributed by atoms with Crippen molar-refractivity contribution in [2.45, 2.75) is 6.18 Å². The van der Waals surface area contributed by atoms with Crippen LogP contribution in [-0.2, 0) is 4.79 Å². The van der Waals surface area contributed by atoms with E-state index in [-0.39, 0.29) is 5.69 Å². The first-order chi connectivity index (χ1) is 9.19. The Bertz CT molecular complexity index is 519. The average Bonchev–Trinajstić information content (AvgIpc) is 2.32. The molecule has 1 aromatic carbocycles. The molecule has 1 amide bonds. The number of halogens is 4. The van der Waals surface area contributed by atoms with Gasteiger partial charge < -0.3 is 10.6 Å². The van der Waals surface area contributed by atoms with Crippen LogP contribution in [0, 0.1) is 15.9 Å². The zero-order chi connectivity index (χ0) is 15.3. The zero-order valence-electron chi connectivity index (χ0n) is 9.83. The number of nitrogens with zero attached hydrogens (tertiary/aromatic N) is 1. The second kappa shape index (κ2) is 6.17. The highest BCUT2D eigenvalue weighted by atomic mass is 19.4. The van der Waals surface area contributed by atoms with Crippen LogP contribution in [0.4, 0.5) is 28.9 Å². The minimum atomic E-state index is -4.56. The molecule has 0 aliphatic rings. The van der Waals surface area contributed by atoms with Crippen molar-refractivity contribution in [3.05, 3.63) is 34.1 Å². The Morgan fingerprint density at radius 3 is 2.55 bits per heavy atom. The molecule has 6 nitrogen and oxygen atoms in total. The van der Waals surface area contributed by atoms with Crippen molar-refractivity contribution in [3.8, 4) is 0 Å². The molecule has 0 radical (unpaired) electrons. The van der Waals surface area contributed by atoms with Gasteiger partial charge in [-0.1, -0.05) is 0 Å². The molecular formula is C10H9F4N3O3. The van der Waals surface area contributed by atoms with Crippen LogP contribution in [0.2, 0.25) is 0 Å². The number of anilines is 1. The minimum absolute atomic E-state index is 0.294. The molecule has 0 unspecified atom stereocenters. The predicted octanol–water partition coefficient (Wildman–Crippen LogP) is 1.82. The summed E-state index contributed by atoms with van der Waals surface area (Å²) in [5, 5.41) is 14.4. The molecule has 10 heteroatoms. The average molecular weight is 295 g/mol. The van der Waals surface area contributed by atoms with E-state index in [0.29, 0.717) is 0 Å². The highest BCUT2D eigenvalue weighted by Gasteiger charge is 2.27. The molecule has 0 aromatic heterocycles. The molecule has 1 rings (SSSR count). The van der Waals surface area contributed by atoms with Crippen LogP contribution in [0.5, 0.6) is 0 Å². The van der Waals surface area contributed by atoms with E-state index in [1.54, 1.807) is 5.32 Å². The number of nitro benzene ring substituents is 1. The quantitative estimate of drug-likeness (QED) is 0.493. The van der Waals surface area contributed by atoms with Gasteiger partial charge in [0.05, 0.1) is 11.5 Å². The van der Waals surface area contributed by atoms with Gasteiger partial charge in [0.2, 0.25) is 5.91 Å². The number of benzene rings is 1. The first-order valence-electron chi connectivity index (χ1n) is 5.20. The van der Waals surface area contributed by atoms with Crippen LogP contribution in [-0.4, -0.2) is 30.1 Å². The number of rotatable bonds is 5. The van der Waals surface area contributed by atoms with Crippen LogP contribution in [0.25, 0.3) is 0 Å². The lowest BCUT2D eigenvalue weighted by Crippen LogP contribution is -2.37. The topological polar surface area (TPSA) is 84.3 Å². The van der Waals surface area contributed by atoms with Crippen LogP contribution < -0.4 is 10.6 Å². The summed E-state index contributed by atoms with van der Waals surface area (Å²) in [6.07, 6.45) is -4.56. The molecule has 0 heterocycles. The lowest BCUT2D eigenvalue weighted by Gasteiger charge is -2.10. The first-order valence-corrected chi connectivity index (χ1v) is 5.20. The van der Waals surface area contributed by atoms with Crippen molar-refractivity contribution in [1.82, 2.24) is 5.32 Å². The van der Waals surface area contributed by atoms with Crippen molar-refractivity contribution in [2.75, 3.05) is 18.4 Å². The van der Waals surface area contributed by atoms with Gasteiger partial charge >= 0.3 is 6.18 Å². The summed E-state index contributed by atoms with van der Waals surface area (Å²) in [6, 6.07) is 2.51. The predicted molar refractivity (Wildman–Crippen MR) is 60.6 cm³/mol. The fourth-order valence-electron chi connectivity index (χ4n) is 1.25. The fourth-order valence-corrected chi connectivity index (χ4v) is 1.25. The van der Waals surface area contributed by atoms with Crippen LogP contribution in [0.3, 0.4) is 0 Å². The largest absolute Gasteiger partial charge is 0.405 e. The van der Waals surface area contributed by atoms with Crippen molar-refractivity contribution >= 4 is 17.3 Å². The molecule has 0 aliphatic heterocycles. The molecule has 0 aliphatic carbocycles. The van der Waals surface area contributed by atoms with Crippen molar-refractivity contribution in [1.29, 1.82) is 0 Å². The summed E-state index contributed by atoms with van der Waals surface area (Å²) in [5.41, 5.74) is -0.785. The molecule has 0 saturated carbocycles. The zero-order valence-corrected chi connectivity index (χ0v) is 9.83. The Morgan fingerprint density at radius 1 is 1.35 bits per heavy atom. The SMILES string of the molecule is O=C(CNc1cc(F)ccc1[N+](=O)[O-])NCC(F)(F)F. The van der Waals surface area contributed by atoms with Gasteiger partial charge in [-0.15, -0.1) is 0 Å². The molecule has 1 aromatic rings. The number of hydrogen-bond acceptors (Lipinski definition) is 4. The number of amides is 1. The number of alkyl halides is 3. The van der Waals surface area contributed by atoms with E-state index in [2.05, 4.69) is 5.32 Å². The Labute approximate surface area is 109 Å². The second-order valence-corrected chi connectivity index (χ2v) is 3.66. The normalized spacial score (nSPS) is 11.0. The third kappa shape index (κ3) is 5.08. The van der Waals surface area contributed by atoms with E-state index >= 15 is 0 Å². The highest BCUT2D eigenvalue weighted by Crippen LogP contribution is 2.24. The summed E-state index contributed by atoms with van der Waals surface area (Å²) in [4.78, 5) is 20.9. The highest BCUT2D eigenvalue weighted by molar-refractivity contribution is 5.81. The third-order valence-corrected chi connectivity index (χ3v) is 2.08. The Kier molecular flexibility index (Phi) is 4.83. The monoisotopic (exact) mass is 295 g/mol. The fraction of sp³-hybridized carbons (Fsp3) is 0.300. The molecule has 0 saturated heterocycles. The summed E-state index contributed by atoms with van der Waals surface area (Å²) >= 11 is 0. The standard InChI is InChI=1S/C10H9F4N3O3/c11-6-1-2-8(17(19)20)7(3-6)15-4-9(18)16-5-10(12,13)14/h1-3,15H,4-5H2,(H,16,18).